The zero-order valence-electron chi connectivity index (χ0n) is 13.2. The van der Waals surface area contributed by atoms with Gasteiger partial charge in [-0.05, 0) is 19.8 Å². The van der Waals surface area contributed by atoms with Crippen molar-refractivity contribution in [2.24, 2.45) is 0 Å². The largest absolute Gasteiger partial charge is 0.469 e. The van der Waals surface area contributed by atoms with E-state index in [0.29, 0.717) is 18.5 Å². The number of rotatable bonds is 12. The molecule has 0 spiro atoms. The standard InChI is InChI=1S/C13H25N2O7P/c1-11(2)12(16)21-10-8-15-13(17)14-7-5-3-4-6-9-22-23(18,19)20/h1,3-10H2,2H3,(H2,14,15,17)(H2,18,19,20). The first-order valence-corrected chi connectivity index (χ1v) is 8.80. The Morgan fingerprint density at radius 1 is 1.04 bits per heavy atom. The van der Waals surface area contributed by atoms with Crippen molar-refractivity contribution in [3.8, 4) is 0 Å². The number of esters is 1. The molecule has 0 aromatic carbocycles. The second kappa shape index (κ2) is 12.1. The zero-order valence-corrected chi connectivity index (χ0v) is 14.1. The number of amides is 2. The molecule has 0 aromatic rings. The number of carbonyl (C=O) groups excluding carboxylic acids is 2. The number of nitrogens with one attached hydrogen (secondary N) is 2. The predicted octanol–water partition coefficient (Wildman–Crippen LogP) is 1.07. The minimum Gasteiger partial charge on any atom is -0.460 e. The molecule has 2 amide bonds. The Hall–Kier alpha value is -1.41. The maximum atomic E-state index is 11.4. The van der Waals surface area contributed by atoms with Crippen LogP contribution in [0.4, 0.5) is 4.79 Å². The molecule has 23 heavy (non-hydrogen) atoms. The molecule has 10 heteroatoms. The minimum atomic E-state index is -4.37. The van der Waals surface area contributed by atoms with Crippen LogP contribution in [0.5, 0.6) is 0 Å². The van der Waals surface area contributed by atoms with E-state index in [1.165, 1.54) is 0 Å². The highest BCUT2D eigenvalue weighted by Gasteiger charge is 2.12. The van der Waals surface area contributed by atoms with Crippen molar-refractivity contribution in [3.63, 3.8) is 0 Å². The monoisotopic (exact) mass is 352 g/mol. The lowest BCUT2D eigenvalue weighted by Crippen LogP contribution is -2.38. The van der Waals surface area contributed by atoms with E-state index in [0.717, 1.165) is 19.3 Å². The highest BCUT2D eigenvalue weighted by Crippen LogP contribution is 2.35. The van der Waals surface area contributed by atoms with Crippen LogP contribution in [0.2, 0.25) is 0 Å². The fourth-order valence-electron chi connectivity index (χ4n) is 1.46. The van der Waals surface area contributed by atoms with Gasteiger partial charge < -0.3 is 25.2 Å². The highest BCUT2D eigenvalue weighted by atomic mass is 31.2. The molecule has 0 aromatic heterocycles. The number of phosphoric acid groups is 1. The molecular weight excluding hydrogens is 327 g/mol. The molecule has 9 nitrogen and oxygen atoms in total. The fraction of sp³-hybridized carbons (Fsp3) is 0.692. The third kappa shape index (κ3) is 15.3. The van der Waals surface area contributed by atoms with Gasteiger partial charge >= 0.3 is 19.8 Å². The molecule has 0 atom stereocenters. The van der Waals surface area contributed by atoms with E-state index < -0.39 is 13.8 Å². The van der Waals surface area contributed by atoms with Gasteiger partial charge in [0.25, 0.3) is 0 Å². The van der Waals surface area contributed by atoms with Crippen molar-refractivity contribution >= 4 is 19.8 Å². The molecule has 0 unspecified atom stereocenters. The van der Waals surface area contributed by atoms with Crippen LogP contribution in [0.1, 0.15) is 32.6 Å². The van der Waals surface area contributed by atoms with Gasteiger partial charge in [0.15, 0.2) is 0 Å². The summed E-state index contributed by atoms with van der Waals surface area (Å²) in [6, 6.07) is -0.346. The van der Waals surface area contributed by atoms with Crippen LogP contribution >= 0.6 is 7.82 Å². The molecule has 0 bridgehead atoms. The minimum absolute atomic E-state index is 0.0150. The van der Waals surface area contributed by atoms with Crippen LogP contribution in [0, 0.1) is 0 Å². The van der Waals surface area contributed by atoms with Gasteiger partial charge in [0.05, 0.1) is 13.2 Å². The van der Waals surface area contributed by atoms with Crippen LogP contribution in [-0.2, 0) is 18.6 Å². The second-order valence-electron chi connectivity index (χ2n) is 4.84. The Bertz CT molecular complexity index is 436. The average Bonchev–Trinajstić information content (AvgIpc) is 2.44. The Balaban J connectivity index is 3.39. The summed E-state index contributed by atoms with van der Waals surface area (Å²) in [7, 11) is -4.37. The summed E-state index contributed by atoms with van der Waals surface area (Å²) >= 11 is 0. The molecule has 134 valence electrons. The maximum Gasteiger partial charge on any atom is 0.469 e. The van der Waals surface area contributed by atoms with Crippen molar-refractivity contribution in [1.29, 1.82) is 0 Å². The van der Waals surface area contributed by atoms with E-state index in [4.69, 9.17) is 14.5 Å². The molecule has 0 aliphatic rings. The topological polar surface area (TPSA) is 134 Å². The molecule has 4 N–H and O–H groups in total. The smallest absolute Gasteiger partial charge is 0.460 e. The van der Waals surface area contributed by atoms with Gasteiger partial charge in [-0.1, -0.05) is 19.4 Å². The highest BCUT2D eigenvalue weighted by molar-refractivity contribution is 7.46. The van der Waals surface area contributed by atoms with E-state index >= 15 is 0 Å². The van der Waals surface area contributed by atoms with E-state index in [9.17, 15) is 14.2 Å². The van der Waals surface area contributed by atoms with Crippen LogP contribution < -0.4 is 10.6 Å². The zero-order chi connectivity index (χ0) is 17.7. The summed E-state index contributed by atoms with van der Waals surface area (Å²) < 4.78 is 19.5. The number of hydrogen-bond donors (Lipinski definition) is 4. The summed E-state index contributed by atoms with van der Waals surface area (Å²) in [5.74, 6) is -0.491. The average molecular weight is 352 g/mol. The van der Waals surface area contributed by atoms with Gasteiger partial charge in [0, 0.05) is 12.1 Å². The third-order valence-corrected chi connectivity index (χ3v) is 3.10. The number of hydrogen-bond acceptors (Lipinski definition) is 5. The lowest BCUT2D eigenvalue weighted by molar-refractivity contribution is -0.138. The first kappa shape index (κ1) is 21.6. The molecule has 0 aliphatic heterocycles. The first-order chi connectivity index (χ1) is 10.7. The molecule has 0 radical (unpaired) electrons. The van der Waals surface area contributed by atoms with Gasteiger partial charge in [0.1, 0.15) is 6.61 Å². The molecular formula is C13H25N2O7P. The van der Waals surface area contributed by atoms with Crippen molar-refractivity contribution in [3.05, 3.63) is 12.2 Å². The van der Waals surface area contributed by atoms with E-state index in [-0.39, 0.29) is 25.8 Å². The Labute approximate surface area is 135 Å². The van der Waals surface area contributed by atoms with Crippen molar-refractivity contribution in [1.82, 2.24) is 10.6 Å². The van der Waals surface area contributed by atoms with Crippen LogP contribution in [0.15, 0.2) is 12.2 Å². The lowest BCUT2D eigenvalue weighted by atomic mass is 10.2. The Morgan fingerprint density at radius 3 is 2.26 bits per heavy atom. The third-order valence-electron chi connectivity index (χ3n) is 2.59. The summed E-state index contributed by atoms with van der Waals surface area (Å²) in [4.78, 5) is 39.4. The van der Waals surface area contributed by atoms with Crippen molar-refractivity contribution in [2.75, 3.05) is 26.3 Å². The second-order valence-corrected chi connectivity index (χ2v) is 6.08. The van der Waals surface area contributed by atoms with Gasteiger partial charge in [0.2, 0.25) is 0 Å². The SMILES string of the molecule is C=C(C)C(=O)OCCNC(=O)NCCCCCCOP(=O)(O)O. The van der Waals surface area contributed by atoms with Crippen LogP contribution in [0.25, 0.3) is 0 Å². The van der Waals surface area contributed by atoms with E-state index in [2.05, 4.69) is 21.7 Å². The molecule has 0 aliphatic carbocycles. The first-order valence-electron chi connectivity index (χ1n) is 7.27. The number of phosphoric ester groups is 1. The van der Waals surface area contributed by atoms with Gasteiger partial charge in [-0.15, -0.1) is 0 Å². The Kier molecular flexibility index (Phi) is 11.3. The maximum absolute atomic E-state index is 11.4. The number of urea groups is 1. The number of carbonyl (C=O) groups is 2. The van der Waals surface area contributed by atoms with E-state index in [1.54, 1.807) is 6.92 Å². The normalized spacial score (nSPS) is 10.9. The molecule has 0 rings (SSSR count). The molecule has 0 saturated carbocycles. The van der Waals surface area contributed by atoms with Crippen LogP contribution in [-0.4, -0.2) is 48.1 Å². The van der Waals surface area contributed by atoms with Gasteiger partial charge in [-0.3, -0.25) is 4.52 Å². The van der Waals surface area contributed by atoms with Gasteiger partial charge in [-0.25, -0.2) is 14.2 Å². The number of ether oxygens (including phenoxy) is 1. The lowest BCUT2D eigenvalue weighted by Gasteiger charge is -2.08. The number of unbranched alkanes of at least 4 members (excludes halogenated alkanes) is 3. The molecule has 0 heterocycles. The summed E-state index contributed by atoms with van der Waals surface area (Å²) in [6.45, 7) is 5.77. The summed E-state index contributed by atoms with van der Waals surface area (Å²) in [5, 5.41) is 5.19. The Morgan fingerprint density at radius 2 is 1.65 bits per heavy atom. The predicted molar refractivity (Wildman–Crippen MR) is 83.6 cm³/mol. The quantitative estimate of drug-likeness (QED) is 0.179. The van der Waals surface area contributed by atoms with Crippen LogP contribution in [0.3, 0.4) is 0 Å². The van der Waals surface area contributed by atoms with Crippen molar-refractivity contribution < 1.29 is 33.2 Å². The molecule has 0 fully saturated rings. The fourth-order valence-corrected chi connectivity index (χ4v) is 1.83. The summed E-state index contributed by atoms with van der Waals surface area (Å²) in [6.07, 6.45) is 2.85. The van der Waals surface area contributed by atoms with E-state index in [1.807, 2.05) is 0 Å². The summed E-state index contributed by atoms with van der Waals surface area (Å²) in [5.41, 5.74) is 0.306. The molecule has 0 saturated heterocycles. The van der Waals surface area contributed by atoms with Crippen molar-refractivity contribution in [2.45, 2.75) is 32.6 Å². The van der Waals surface area contributed by atoms with Gasteiger partial charge in [-0.2, -0.15) is 0 Å².